The molecule has 1 atom stereocenters. The summed E-state index contributed by atoms with van der Waals surface area (Å²) in [6.07, 6.45) is 2.21. The Labute approximate surface area is 109 Å². The van der Waals surface area contributed by atoms with E-state index in [1.54, 1.807) is 7.05 Å². The van der Waals surface area contributed by atoms with Crippen LogP contribution in [0.2, 0.25) is 0 Å². The number of carbonyl (C=O) groups is 2. The maximum atomic E-state index is 11.6. The molecular weight excluding hydrogens is 254 g/mol. The minimum atomic E-state index is -1.48. The van der Waals surface area contributed by atoms with Gasteiger partial charge >= 0.3 is 0 Å². The highest BCUT2D eigenvalue weighted by Crippen LogP contribution is 2.18. The summed E-state index contributed by atoms with van der Waals surface area (Å²) in [5.41, 5.74) is 0. The Bertz CT molecular complexity index is 387. The lowest BCUT2D eigenvalue weighted by molar-refractivity contribution is -0.127. The molecule has 0 aromatic heterocycles. The minimum Gasteiger partial charge on any atom is -0.353 e. The zero-order valence-electron chi connectivity index (χ0n) is 10.3. The van der Waals surface area contributed by atoms with Gasteiger partial charge in [-0.1, -0.05) is 0 Å². The van der Waals surface area contributed by atoms with E-state index < -0.39 is 10.8 Å². The summed E-state index contributed by atoms with van der Waals surface area (Å²) in [6.45, 7) is 0.320. The largest absolute Gasteiger partial charge is 0.353 e. The molecule has 1 N–H and O–H groups in total. The Hall–Kier alpha value is -1.42. The van der Waals surface area contributed by atoms with Gasteiger partial charge in [-0.3, -0.25) is 13.8 Å². The minimum absolute atomic E-state index is 0.131. The molecule has 0 aromatic carbocycles. The van der Waals surface area contributed by atoms with Gasteiger partial charge in [0.1, 0.15) is 11.5 Å². The van der Waals surface area contributed by atoms with Crippen molar-refractivity contribution in [1.29, 1.82) is 5.26 Å². The highest BCUT2D eigenvalue weighted by Gasteiger charge is 2.24. The topological polar surface area (TPSA) is 90.3 Å². The summed E-state index contributed by atoms with van der Waals surface area (Å²) in [5.74, 6) is -0.861. The van der Waals surface area contributed by atoms with Gasteiger partial charge in [0.25, 0.3) is 0 Å². The summed E-state index contributed by atoms with van der Waals surface area (Å²) in [5, 5.41) is 11.1. The lowest BCUT2D eigenvalue weighted by Gasteiger charge is -2.14. The summed E-state index contributed by atoms with van der Waals surface area (Å²) in [6, 6.07) is 2.17. The highest BCUT2D eigenvalue weighted by atomic mass is 32.2. The van der Waals surface area contributed by atoms with Gasteiger partial charge in [0, 0.05) is 30.4 Å². The number of rotatable bonds is 7. The molecule has 0 aliphatic heterocycles. The predicted octanol–water partition coefficient (Wildman–Crippen LogP) is -0.614. The number of nitriles is 1. The van der Waals surface area contributed by atoms with Crippen molar-refractivity contribution in [2.45, 2.75) is 25.3 Å². The molecule has 1 unspecified atom stereocenters. The summed E-state index contributed by atoms with van der Waals surface area (Å²) in [7, 11) is 0.0756. The smallest absolute Gasteiger partial charge is 0.234 e. The number of amides is 2. The van der Waals surface area contributed by atoms with Crippen molar-refractivity contribution < 1.29 is 13.8 Å². The number of nitrogens with one attached hydrogen (secondary N) is 1. The van der Waals surface area contributed by atoms with E-state index in [4.69, 9.17) is 5.26 Å². The first-order chi connectivity index (χ1) is 8.52. The number of carbonyl (C=O) groups excluding carboxylic acids is 2. The van der Waals surface area contributed by atoms with E-state index >= 15 is 0 Å². The van der Waals surface area contributed by atoms with Gasteiger partial charge in [-0.25, -0.2) is 0 Å². The van der Waals surface area contributed by atoms with Crippen LogP contribution in [-0.4, -0.2) is 52.1 Å². The first kappa shape index (κ1) is 14.6. The Balaban J connectivity index is 2.23. The van der Waals surface area contributed by atoms with Crippen LogP contribution in [0, 0.1) is 11.3 Å². The molecular formula is C11H17N3O3S. The molecule has 18 heavy (non-hydrogen) atoms. The van der Waals surface area contributed by atoms with Crippen molar-refractivity contribution in [2.24, 2.45) is 0 Å². The second-order valence-electron chi connectivity index (χ2n) is 4.29. The summed E-state index contributed by atoms with van der Waals surface area (Å²) >= 11 is 0. The Morgan fingerprint density at radius 3 is 2.67 bits per heavy atom. The van der Waals surface area contributed by atoms with Crippen LogP contribution < -0.4 is 5.32 Å². The zero-order valence-corrected chi connectivity index (χ0v) is 11.2. The third kappa shape index (κ3) is 5.77. The van der Waals surface area contributed by atoms with E-state index in [-0.39, 0.29) is 35.8 Å². The molecule has 0 heterocycles. The van der Waals surface area contributed by atoms with Crippen LogP contribution in [0.4, 0.5) is 0 Å². The maximum absolute atomic E-state index is 11.6. The normalized spacial score (nSPS) is 15.6. The Morgan fingerprint density at radius 1 is 1.44 bits per heavy atom. The van der Waals surface area contributed by atoms with Gasteiger partial charge in [0.2, 0.25) is 11.8 Å². The average molecular weight is 271 g/mol. The molecule has 1 aliphatic carbocycles. The summed E-state index contributed by atoms with van der Waals surface area (Å²) < 4.78 is 11.6. The molecule has 100 valence electrons. The second kappa shape index (κ2) is 7.11. The second-order valence-corrected chi connectivity index (χ2v) is 5.75. The average Bonchev–Trinajstić information content (AvgIpc) is 3.08. The molecule has 0 bridgehead atoms. The van der Waals surface area contributed by atoms with E-state index in [0.717, 1.165) is 12.8 Å². The number of nitrogens with zero attached hydrogens (tertiary/aromatic N) is 2. The molecule has 2 amide bonds. The van der Waals surface area contributed by atoms with Crippen LogP contribution in [-0.2, 0) is 20.4 Å². The first-order valence-electron chi connectivity index (χ1n) is 5.78. The zero-order chi connectivity index (χ0) is 13.5. The molecule has 1 fully saturated rings. The number of hydrogen-bond acceptors (Lipinski definition) is 4. The molecule has 1 aliphatic rings. The van der Waals surface area contributed by atoms with E-state index in [1.807, 2.05) is 6.07 Å². The maximum Gasteiger partial charge on any atom is 0.234 e. The third-order valence-electron chi connectivity index (χ3n) is 2.50. The molecule has 6 nitrogen and oxygen atoms in total. The van der Waals surface area contributed by atoms with Crippen LogP contribution in [0.1, 0.15) is 19.3 Å². The highest BCUT2D eigenvalue weighted by molar-refractivity contribution is 7.86. The van der Waals surface area contributed by atoms with E-state index in [1.165, 1.54) is 4.90 Å². The van der Waals surface area contributed by atoms with Crippen molar-refractivity contribution in [3.8, 4) is 6.07 Å². The third-order valence-corrected chi connectivity index (χ3v) is 3.66. The van der Waals surface area contributed by atoms with Gasteiger partial charge in [-0.15, -0.1) is 0 Å². The van der Waals surface area contributed by atoms with Crippen molar-refractivity contribution in [3.05, 3.63) is 0 Å². The Morgan fingerprint density at radius 2 is 2.11 bits per heavy atom. The molecule has 0 radical (unpaired) electrons. The fraction of sp³-hybridized carbons (Fsp3) is 0.727. The van der Waals surface area contributed by atoms with Crippen molar-refractivity contribution in [1.82, 2.24) is 10.2 Å². The monoisotopic (exact) mass is 271 g/mol. The predicted molar refractivity (Wildman–Crippen MR) is 66.9 cm³/mol. The molecule has 0 saturated heterocycles. The lowest BCUT2D eigenvalue weighted by Crippen LogP contribution is -2.35. The molecule has 0 spiro atoms. The van der Waals surface area contributed by atoms with Crippen LogP contribution in [0.3, 0.4) is 0 Å². The van der Waals surface area contributed by atoms with E-state index in [0.29, 0.717) is 6.54 Å². The first-order valence-corrected chi connectivity index (χ1v) is 7.27. The molecule has 0 aromatic rings. The fourth-order valence-electron chi connectivity index (χ4n) is 1.28. The van der Waals surface area contributed by atoms with Gasteiger partial charge in [-0.2, -0.15) is 5.26 Å². The quantitative estimate of drug-likeness (QED) is 0.668. The van der Waals surface area contributed by atoms with Crippen molar-refractivity contribution >= 4 is 22.6 Å². The van der Waals surface area contributed by atoms with Crippen molar-refractivity contribution in [2.75, 3.05) is 25.1 Å². The van der Waals surface area contributed by atoms with Crippen LogP contribution in [0.25, 0.3) is 0 Å². The van der Waals surface area contributed by atoms with Crippen molar-refractivity contribution in [3.63, 3.8) is 0 Å². The Kier molecular flexibility index (Phi) is 5.78. The van der Waals surface area contributed by atoms with Gasteiger partial charge in [-0.05, 0) is 12.8 Å². The van der Waals surface area contributed by atoms with E-state index in [9.17, 15) is 13.8 Å². The van der Waals surface area contributed by atoms with E-state index in [2.05, 4.69) is 5.32 Å². The van der Waals surface area contributed by atoms with Crippen LogP contribution >= 0.6 is 0 Å². The van der Waals surface area contributed by atoms with Crippen LogP contribution in [0.15, 0.2) is 0 Å². The van der Waals surface area contributed by atoms with Gasteiger partial charge in [0.15, 0.2) is 0 Å². The molecule has 1 saturated carbocycles. The fourth-order valence-corrected chi connectivity index (χ4v) is 2.26. The molecule has 7 heteroatoms. The standard InChI is InChI=1S/C11H17N3O3S/c1-14(6-2-5-12)11(16)8-18(17)7-10(15)13-9-3-4-9/h9H,2-4,6-8H2,1H3,(H,13,15). The van der Waals surface area contributed by atoms with Gasteiger partial charge < -0.3 is 10.2 Å². The summed E-state index contributed by atoms with van der Waals surface area (Å²) in [4.78, 5) is 24.3. The molecule has 1 rings (SSSR count). The lowest BCUT2D eigenvalue weighted by atomic mass is 10.4. The van der Waals surface area contributed by atoms with Crippen LogP contribution in [0.5, 0.6) is 0 Å². The number of hydrogen-bond donors (Lipinski definition) is 1. The van der Waals surface area contributed by atoms with Gasteiger partial charge in [0.05, 0.1) is 12.5 Å². The SMILES string of the molecule is CN(CCC#N)C(=O)CS(=O)CC(=O)NC1CC1.